The van der Waals surface area contributed by atoms with Crippen LogP contribution < -0.4 is 10.1 Å². The largest absolute Gasteiger partial charge is 0.573 e. The molecular weight excluding hydrogens is 389 g/mol. The van der Waals surface area contributed by atoms with Crippen molar-refractivity contribution in [3.8, 4) is 11.4 Å². The number of nitrogens with zero attached hydrogens (tertiary/aromatic N) is 3. The maximum Gasteiger partial charge on any atom is 0.573 e. The lowest BCUT2D eigenvalue weighted by Crippen LogP contribution is -2.32. The number of nitrogens with one attached hydrogen (secondary N) is 1. The Labute approximate surface area is 163 Å². The number of halogens is 3. The zero-order valence-corrected chi connectivity index (χ0v) is 15.0. The zero-order chi connectivity index (χ0) is 20.9. The lowest BCUT2D eigenvalue weighted by atomic mass is 10.1. The van der Waals surface area contributed by atoms with Crippen LogP contribution in [0.3, 0.4) is 0 Å². The van der Waals surface area contributed by atoms with Crippen molar-refractivity contribution in [2.45, 2.75) is 18.8 Å². The molecule has 29 heavy (non-hydrogen) atoms. The fourth-order valence-electron chi connectivity index (χ4n) is 2.76. The maximum atomic E-state index is 12.6. The monoisotopic (exact) mass is 406 g/mol. The first kappa shape index (κ1) is 20.3. The summed E-state index contributed by atoms with van der Waals surface area (Å²) in [5, 5.41) is 19.6. The molecule has 3 rings (SSSR count). The molecule has 1 unspecified atom stereocenters. The van der Waals surface area contributed by atoms with E-state index in [0.717, 1.165) is 11.8 Å². The van der Waals surface area contributed by atoms with Gasteiger partial charge in [0.25, 0.3) is 0 Å². The molecule has 0 saturated carbocycles. The molecule has 0 radical (unpaired) electrons. The molecule has 0 aliphatic heterocycles. The number of benzene rings is 2. The summed E-state index contributed by atoms with van der Waals surface area (Å²) in [5.74, 6) is -0.930. The van der Waals surface area contributed by atoms with Gasteiger partial charge in [-0.25, -0.2) is 0 Å². The Balaban J connectivity index is 1.68. The molecule has 0 aliphatic rings. The number of para-hydroxylation sites is 1. The van der Waals surface area contributed by atoms with E-state index in [0.29, 0.717) is 5.56 Å². The van der Waals surface area contributed by atoms with E-state index in [1.807, 2.05) is 0 Å². The van der Waals surface area contributed by atoms with E-state index < -0.39 is 30.7 Å². The van der Waals surface area contributed by atoms with Crippen molar-refractivity contribution < 1.29 is 27.8 Å². The highest BCUT2D eigenvalue weighted by Gasteiger charge is 2.33. The summed E-state index contributed by atoms with van der Waals surface area (Å²) < 4.78 is 43.5. The van der Waals surface area contributed by atoms with Crippen LogP contribution in [0.25, 0.3) is 5.69 Å². The minimum Gasteiger partial charge on any atom is -0.405 e. The van der Waals surface area contributed by atoms with Crippen LogP contribution >= 0.6 is 0 Å². The number of alkyl halides is 3. The second kappa shape index (κ2) is 8.74. The first-order chi connectivity index (χ1) is 13.9. The minimum absolute atomic E-state index is 0.0126. The summed E-state index contributed by atoms with van der Waals surface area (Å²) >= 11 is 0. The molecule has 152 valence electrons. The molecule has 0 aliphatic carbocycles. The average Bonchev–Trinajstić information content (AvgIpc) is 3.21. The van der Waals surface area contributed by atoms with Crippen LogP contribution in [0.4, 0.5) is 13.2 Å². The van der Waals surface area contributed by atoms with E-state index in [1.54, 1.807) is 28.8 Å². The Hall–Kier alpha value is -3.40. The molecule has 10 heteroatoms. The molecule has 7 nitrogen and oxygen atoms in total. The highest BCUT2D eigenvalue weighted by molar-refractivity contribution is 5.79. The van der Waals surface area contributed by atoms with Gasteiger partial charge in [0.15, 0.2) is 0 Å². The lowest BCUT2D eigenvalue weighted by Gasteiger charge is -2.20. The predicted octanol–water partition coefficient (Wildman–Crippen LogP) is 2.56. The van der Waals surface area contributed by atoms with Gasteiger partial charge < -0.3 is 15.2 Å². The topological polar surface area (TPSA) is 89.3 Å². The second-order valence-electron chi connectivity index (χ2n) is 6.10. The Morgan fingerprint density at radius 3 is 2.38 bits per heavy atom. The highest BCUT2D eigenvalue weighted by Crippen LogP contribution is 2.30. The van der Waals surface area contributed by atoms with Crippen molar-refractivity contribution in [3.63, 3.8) is 0 Å². The number of aliphatic hydroxyl groups is 1. The second-order valence-corrected chi connectivity index (χ2v) is 6.10. The summed E-state index contributed by atoms with van der Waals surface area (Å²) in [5.41, 5.74) is 1.53. The number of amides is 1. The van der Waals surface area contributed by atoms with Gasteiger partial charge in [0.2, 0.25) is 5.91 Å². The Bertz CT molecular complexity index is 944. The van der Waals surface area contributed by atoms with E-state index in [2.05, 4.69) is 20.3 Å². The summed E-state index contributed by atoms with van der Waals surface area (Å²) in [7, 11) is 0. The summed E-state index contributed by atoms with van der Waals surface area (Å²) in [6, 6.07) is 11.3. The number of aliphatic hydroxyl groups excluding tert-OH is 1. The standard InChI is InChI=1S/C19H17F3N4O3/c20-19(21,22)29-17-4-2-1-3-15(17)16(10-27)25-18(28)9-13-5-7-14(8-6-13)26-11-23-24-12-26/h1-8,11-12,16,27H,9-10H2,(H,25,28). The molecule has 1 atom stereocenters. The molecular formula is C19H17F3N4O3. The van der Waals surface area contributed by atoms with Gasteiger partial charge >= 0.3 is 6.36 Å². The van der Waals surface area contributed by atoms with Crippen molar-refractivity contribution in [1.29, 1.82) is 0 Å². The summed E-state index contributed by atoms with van der Waals surface area (Å²) in [6.07, 6.45) is -1.82. The molecule has 0 fully saturated rings. The molecule has 2 N–H and O–H groups in total. The van der Waals surface area contributed by atoms with E-state index in [-0.39, 0.29) is 12.0 Å². The molecule has 1 aromatic heterocycles. The molecule has 2 aromatic carbocycles. The van der Waals surface area contributed by atoms with Crippen molar-refractivity contribution in [2.24, 2.45) is 0 Å². The third kappa shape index (κ3) is 5.55. The number of rotatable bonds is 7. The van der Waals surface area contributed by atoms with Crippen LogP contribution in [-0.2, 0) is 11.2 Å². The third-order valence-corrected chi connectivity index (χ3v) is 4.06. The third-order valence-electron chi connectivity index (χ3n) is 4.06. The molecule has 1 heterocycles. The first-order valence-electron chi connectivity index (χ1n) is 8.54. The van der Waals surface area contributed by atoms with Gasteiger partial charge in [-0.15, -0.1) is 23.4 Å². The first-order valence-corrected chi connectivity index (χ1v) is 8.54. The minimum atomic E-state index is -4.88. The fourth-order valence-corrected chi connectivity index (χ4v) is 2.76. The SMILES string of the molecule is O=C(Cc1ccc(-n2cnnc2)cc1)NC(CO)c1ccccc1OC(F)(F)F. The van der Waals surface area contributed by atoms with Gasteiger partial charge in [-0.3, -0.25) is 9.36 Å². The van der Waals surface area contributed by atoms with Crippen molar-refractivity contribution in [3.05, 3.63) is 72.3 Å². The quantitative estimate of drug-likeness (QED) is 0.630. The van der Waals surface area contributed by atoms with Gasteiger partial charge in [0, 0.05) is 11.3 Å². The Morgan fingerprint density at radius 2 is 1.76 bits per heavy atom. The smallest absolute Gasteiger partial charge is 0.405 e. The maximum absolute atomic E-state index is 12.6. The Kier molecular flexibility index (Phi) is 6.13. The van der Waals surface area contributed by atoms with Crippen LogP contribution in [0.2, 0.25) is 0 Å². The molecule has 1 amide bonds. The number of hydrogen-bond acceptors (Lipinski definition) is 5. The Morgan fingerprint density at radius 1 is 1.10 bits per heavy atom. The van der Waals surface area contributed by atoms with Crippen molar-refractivity contribution >= 4 is 5.91 Å². The fraction of sp³-hybridized carbons (Fsp3) is 0.211. The molecule has 0 saturated heterocycles. The lowest BCUT2D eigenvalue weighted by molar-refractivity contribution is -0.275. The number of aromatic nitrogens is 3. The van der Waals surface area contributed by atoms with Crippen molar-refractivity contribution in [2.75, 3.05) is 6.61 Å². The highest BCUT2D eigenvalue weighted by atomic mass is 19.4. The van der Waals surface area contributed by atoms with Crippen LogP contribution in [-0.4, -0.2) is 38.7 Å². The van der Waals surface area contributed by atoms with Gasteiger partial charge in [-0.05, 0) is 23.8 Å². The molecule has 0 spiro atoms. The average molecular weight is 406 g/mol. The molecule has 0 bridgehead atoms. The van der Waals surface area contributed by atoms with Crippen LogP contribution in [0.1, 0.15) is 17.2 Å². The van der Waals surface area contributed by atoms with Crippen LogP contribution in [0.5, 0.6) is 5.75 Å². The van der Waals surface area contributed by atoms with E-state index in [4.69, 9.17) is 0 Å². The number of hydrogen-bond donors (Lipinski definition) is 2. The van der Waals surface area contributed by atoms with Gasteiger partial charge in [-0.2, -0.15) is 0 Å². The number of carbonyl (C=O) groups is 1. The normalized spacial score (nSPS) is 12.4. The number of carbonyl (C=O) groups excluding carboxylic acids is 1. The summed E-state index contributed by atoms with van der Waals surface area (Å²) in [4.78, 5) is 12.4. The van der Waals surface area contributed by atoms with E-state index in [1.165, 1.54) is 30.9 Å². The zero-order valence-electron chi connectivity index (χ0n) is 15.0. The van der Waals surface area contributed by atoms with Gasteiger partial charge in [-0.1, -0.05) is 30.3 Å². The van der Waals surface area contributed by atoms with Gasteiger partial charge in [0.1, 0.15) is 18.4 Å². The predicted molar refractivity (Wildman–Crippen MR) is 96.2 cm³/mol. The van der Waals surface area contributed by atoms with Crippen molar-refractivity contribution in [1.82, 2.24) is 20.1 Å². The number of ether oxygens (including phenoxy) is 1. The van der Waals surface area contributed by atoms with E-state index in [9.17, 15) is 23.1 Å². The summed E-state index contributed by atoms with van der Waals surface area (Å²) in [6.45, 7) is -0.587. The van der Waals surface area contributed by atoms with E-state index >= 15 is 0 Å². The van der Waals surface area contributed by atoms with Crippen LogP contribution in [0, 0.1) is 0 Å². The molecule has 3 aromatic rings. The van der Waals surface area contributed by atoms with Crippen LogP contribution in [0.15, 0.2) is 61.2 Å². The van der Waals surface area contributed by atoms with Gasteiger partial charge in [0.05, 0.1) is 19.1 Å².